The molecule has 0 fully saturated rings. The van der Waals surface area contributed by atoms with Crippen LogP contribution in [0.25, 0.3) is 0 Å². The molecular formula is C21H19N7O5. The van der Waals surface area contributed by atoms with Crippen molar-refractivity contribution < 1.29 is 19.2 Å². The molecular weight excluding hydrogens is 430 g/mol. The quantitative estimate of drug-likeness (QED) is 0.379. The van der Waals surface area contributed by atoms with E-state index in [0.717, 1.165) is 12.1 Å². The van der Waals surface area contributed by atoms with Gasteiger partial charge in [0.25, 0.3) is 11.8 Å². The van der Waals surface area contributed by atoms with Crippen LogP contribution in [0.2, 0.25) is 0 Å². The molecule has 3 aromatic heterocycles. The molecule has 0 aromatic carbocycles. The van der Waals surface area contributed by atoms with E-state index in [1.54, 1.807) is 24.3 Å². The van der Waals surface area contributed by atoms with E-state index in [2.05, 4.69) is 36.2 Å². The van der Waals surface area contributed by atoms with E-state index in [1.807, 2.05) is 0 Å². The molecule has 0 atom stereocenters. The van der Waals surface area contributed by atoms with Gasteiger partial charge in [-0.25, -0.2) is 9.97 Å². The number of anilines is 4. The van der Waals surface area contributed by atoms with Crippen LogP contribution in [-0.2, 0) is 9.59 Å². The molecule has 0 aliphatic carbocycles. The van der Waals surface area contributed by atoms with Crippen LogP contribution in [0.1, 0.15) is 34.8 Å². The third kappa shape index (κ3) is 6.55. The first-order chi connectivity index (χ1) is 15.7. The zero-order valence-electron chi connectivity index (χ0n) is 17.6. The Morgan fingerprint density at radius 3 is 1.39 bits per heavy atom. The van der Waals surface area contributed by atoms with Gasteiger partial charge < -0.3 is 26.3 Å². The molecule has 0 bridgehead atoms. The van der Waals surface area contributed by atoms with Crippen LogP contribution < -0.4 is 26.7 Å². The Morgan fingerprint density at radius 1 is 0.667 bits per heavy atom. The summed E-state index contributed by atoms with van der Waals surface area (Å²) in [6.45, 7) is 2.64. The largest absolute Gasteiger partial charge is 0.346 e. The van der Waals surface area contributed by atoms with Gasteiger partial charge in [0.15, 0.2) is 5.43 Å². The van der Waals surface area contributed by atoms with Crippen molar-refractivity contribution >= 4 is 46.9 Å². The first-order valence-corrected chi connectivity index (χ1v) is 9.56. The second-order valence-electron chi connectivity index (χ2n) is 6.73. The summed E-state index contributed by atoms with van der Waals surface area (Å²) < 4.78 is 0. The van der Waals surface area contributed by atoms with Crippen molar-refractivity contribution in [2.45, 2.75) is 13.8 Å². The summed E-state index contributed by atoms with van der Waals surface area (Å²) in [6.07, 6.45) is 0. The fourth-order valence-corrected chi connectivity index (χ4v) is 2.66. The lowest BCUT2D eigenvalue weighted by Crippen LogP contribution is -2.23. The monoisotopic (exact) mass is 449 g/mol. The first kappa shape index (κ1) is 22.8. The molecule has 0 aliphatic heterocycles. The van der Waals surface area contributed by atoms with Crippen molar-refractivity contribution in [3.8, 4) is 0 Å². The van der Waals surface area contributed by atoms with Gasteiger partial charge in [-0.2, -0.15) is 0 Å². The molecule has 4 amide bonds. The fraction of sp³-hybridized carbons (Fsp3) is 0.0952. The van der Waals surface area contributed by atoms with Crippen LogP contribution in [0.15, 0.2) is 53.3 Å². The smallest absolute Gasteiger partial charge is 0.273 e. The Bertz CT molecular complexity index is 1210. The zero-order chi connectivity index (χ0) is 24.0. The number of pyridine rings is 3. The summed E-state index contributed by atoms with van der Waals surface area (Å²) in [7, 11) is 0. The number of carbonyl (C=O) groups excluding carboxylic acids is 4. The number of nitrogens with zero attached hydrogens (tertiary/aromatic N) is 2. The van der Waals surface area contributed by atoms with Gasteiger partial charge in [-0.1, -0.05) is 12.1 Å². The second kappa shape index (κ2) is 9.96. The highest BCUT2D eigenvalue weighted by Crippen LogP contribution is 2.12. The highest BCUT2D eigenvalue weighted by molar-refractivity contribution is 6.05. The maximum absolute atomic E-state index is 12.6. The summed E-state index contributed by atoms with van der Waals surface area (Å²) in [5.41, 5.74) is -0.942. The lowest BCUT2D eigenvalue weighted by molar-refractivity contribution is -0.115. The summed E-state index contributed by atoms with van der Waals surface area (Å²) in [6, 6.07) is 11.3. The fourth-order valence-electron chi connectivity index (χ4n) is 2.66. The van der Waals surface area contributed by atoms with E-state index in [4.69, 9.17) is 0 Å². The van der Waals surface area contributed by atoms with Gasteiger partial charge in [0.05, 0.1) is 0 Å². The van der Waals surface area contributed by atoms with E-state index in [9.17, 15) is 24.0 Å². The van der Waals surface area contributed by atoms with E-state index in [0.29, 0.717) is 0 Å². The number of hydrogen-bond donors (Lipinski definition) is 5. The Balaban J connectivity index is 1.77. The second-order valence-corrected chi connectivity index (χ2v) is 6.73. The minimum absolute atomic E-state index is 0.126. The number of nitrogens with one attached hydrogen (secondary N) is 5. The van der Waals surface area contributed by atoms with E-state index in [-0.39, 0.29) is 46.5 Å². The average molecular weight is 449 g/mol. The van der Waals surface area contributed by atoms with Gasteiger partial charge in [0, 0.05) is 26.0 Å². The van der Waals surface area contributed by atoms with Crippen molar-refractivity contribution in [3.05, 3.63) is 70.1 Å². The minimum Gasteiger partial charge on any atom is -0.346 e. The van der Waals surface area contributed by atoms with Crippen LogP contribution in [0.5, 0.6) is 0 Å². The highest BCUT2D eigenvalue weighted by atomic mass is 16.2. The van der Waals surface area contributed by atoms with Crippen LogP contribution in [0.4, 0.5) is 23.3 Å². The third-order valence-corrected chi connectivity index (χ3v) is 3.92. The Kier molecular flexibility index (Phi) is 6.88. The van der Waals surface area contributed by atoms with Crippen molar-refractivity contribution in [2.75, 3.05) is 21.3 Å². The predicted octanol–water partition coefficient (Wildman–Crippen LogP) is 1.59. The van der Waals surface area contributed by atoms with E-state index in [1.165, 1.54) is 26.0 Å². The summed E-state index contributed by atoms with van der Waals surface area (Å²) in [5, 5.41) is 9.94. The minimum atomic E-state index is -0.722. The van der Waals surface area contributed by atoms with Crippen molar-refractivity contribution in [1.29, 1.82) is 0 Å². The molecule has 0 unspecified atom stereocenters. The molecule has 33 heavy (non-hydrogen) atoms. The standard InChI is InChI=1S/C21H19N7O5/c1-11(29)22-16-5-3-7-18(25-16)27-20(32)14-9-13(31)10-15(24-14)21(33)28-19-8-4-6-17(26-19)23-12(2)30/h3-10H,1-2H3,(H,24,31)(H2,22,25,27,29,32)(H2,23,26,28,30,33). The Morgan fingerprint density at radius 2 is 1.03 bits per heavy atom. The summed E-state index contributed by atoms with van der Waals surface area (Å²) in [4.78, 5) is 70.3. The van der Waals surface area contributed by atoms with Crippen LogP contribution in [0, 0.1) is 0 Å². The highest BCUT2D eigenvalue weighted by Gasteiger charge is 2.15. The first-order valence-electron chi connectivity index (χ1n) is 9.56. The lowest BCUT2D eigenvalue weighted by atomic mass is 10.2. The van der Waals surface area contributed by atoms with Gasteiger partial charge >= 0.3 is 0 Å². The van der Waals surface area contributed by atoms with Gasteiger partial charge in [-0.15, -0.1) is 0 Å². The number of aromatic nitrogens is 3. The van der Waals surface area contributed by atoms with E-state index >= 15 is 0 Å². The molecule has 3 heterocycles. The SMILES string of the molecule is CC(=O)Nc1cccc(NC(=O)c2cc(=O)cc(C(=O)Nc3cccc(NC(C)=O)n3)[nH]2)n1. The summed E-state index contributed by atoms with van der Waals surface area (Å²) in [5.74, 6) is -1.38. The zero-order valence-corrected chi connectivity index (χ0v) is 17.6. The van der Waals surface area contributed by atoms with Crippen molar-refractivity contribution in [3.63, 3.8) is 0 Å². The Hall–Kier alpha value is -4.87. The normalized spacial score (nSPS) is 10.1. The van der Waals surface area contributed by atoms with E-state index < -0.39 is 17.2 Å². The van der Waals surface area contributed by atoms with Gasteiger partial charge in [-0.3, -0.25) is 24.0 Å². The van der Waals surface area contributed by atoms with Crippen LogP contribution >= 0.6 is 0 Å². The molecule has 168 valence electrons. The number of amides is 4. The van der Waals surface area contributed by atoms with Gasteiger partial charge in [0.1, 0.15) is 34.7 Å². The number of H-pyrrole nitrogens is 1. The number of rotatable bonds is 6. The molecule has 0 spiro atoms. The molecule has 0 radical (unpaired) electrons. The molecule has 3 aromatic rings. The molecule has 12 heteroatoms. The molecule has 0 saturated heterocycles. The average Bonchev–Trinajstić information content (AvgIpc) is 2.73. The third-order valence-electron chi connectivity index (χ3n) is 3.92. The molecule has 0 aliphatic rings. The molecule has 12 nitrogen and oxygen atoms in total. The molecule has 0 saturated carbocycles. The maximum atomic E-state index is 12.6. The number of hydrogen-bond acceptors (Lipinski definition) is 7. The molecule has 3 rings (SSSR count). The number of carbonyl (C=O) groups is 4. The van der Waals surface area contributed by atoms with Gasteiger partial charge in [-0.05, 0) is 24.3 Å². The van der Waals surface area contributed by atoms with Crippen molar-refractivity contribution in [2.24, 2.45) is 0 Å². The topological polar surface area (TPSA) is 175 Å². The lowest BCUT2D eigenvalue weighted by Gasteiger charge is -2.09. The van der Waals surface area contributed by atoms with Crippen LogP contribution in [0.3, 0.4) is 0 Å². The Labute approximate surface area is 186 Å². The van der Waals surface area contributed by atoms with Crippen molar-refractivity contribution in [1.82, 2.24) is 15.0 Å². The maximum Gasteiger partial charge on any atom is 0.273 e. The number of aromatic amines is 1. The molecule has 5 N–H and O–H groups in total. The summed E-state index contributed by atoms with van der Waals surface area (Å²) >= 11 is 0. The van der Waals surface area contributed by atoms with Crippen LogP contribution in [-0.4, -0.2) is 38.6 Å². The predicted molar refractivity (Wildman–Crippen MR) is 120 cm³/mol. The van der Waals surface area contributed by atoms with Gasteiger partial charge in [0.2, 0.25) is 11.8 Å².